The smallest absolute Gasteiger partial charge is 0.231 e. The summed E-state index contributed by atoms with van der Waals surface area (Å²) in [6.45, 7) is 11.2. The Morgan fingerprint density at radius 2 is 1.97 bits per heavy atom. The summed E-state index contributed by atoms with van der Waals surface area (Å²) < 4.78 is 16.4. The van der Waals surface area contributed by atoms with E-state index in [2.05, 4.69) is 23.9 Å². The molecule has 162 valence electrons. The van der Waals surface area contributed by atoms with Crippen molar-refractivity contribution in [3.63, 3.8) is 0 Å². The van der Waals surface area contributed by atoms with Crippen LogP contribution in [0, 0.1) is 25.7 Å². The molecule has 0 unspecified atom stereocenters. The Kier molecular flexibility index (Phi) is 5.76. The molecule has 0 N–H and O–H groups in total. The highest BCUT2D eigenvalue weighted by atomic mass is 16.7. The van der Waals surface area contributed by atoms with Crippen LogP contribution in [0.25, 0.3) is 0 Å². The van der Waals surface area contributed by atoms with Crippen LogP contribution in [0.3, 0.4) is 0 Å². The first-order valence-electron chi connectivity index (χ1n) is 11.0. The Labute approximate surface area is 178 Å². The van der Waals surface area contributed by atoms with Gasteiger partial charge in [0.25, 0.3) is 0 Å². The van der Waals surface area contributed by atoms with Gasteiger partial charge in [0.05, 0.1) is 11.6 Å². The molecule has 1 aromatic heterocycles. The van der Waals surface area contributed by atoms with Gasteiger partial charge in [-0.3, -0.25) is 4.79 Å². The van der Waals surface area contributed by atoms with Crippen molar-refractivity contribution in [3.05, 3.63) is 40.8 Å². The quantitative estimate of drug-likeness (QED) is 0.693. The lowest BCUT2D eigenvalue weighted by molar-refractivity contribution is -0.138. The van der Waals surface area contributed by atoms with Gasteiger partial charge in [0, 0.05) is 18.2 Å². The average Bonchev–Trinajstić information content (AvgIpc) is 3.33. The molecule has 4 rings (SSSR count). The van der Waals surface area contributed by atoms with Gasteiger partial charge in [-0.1, -0.05) is 37.9 Å². The largest absolute Gasteiger partial charge is 0.454 e. The van der Waals surface area contributed by atoms with Crippen molar-refractivity contribution in [2.45, 2.75) is 72.4 Å². The number of nitrogens with zero attached hydrogens (tertiary/aromatic N) is 2. The molecule has 2 heterocycles. The number of rotatable bonds is 5. The number of carbonyl (C=O) groups is 1. The summed E-state index contributed by atoms with van der Waals surface area (Å²) in [5, 5.41) is 4.07. The van der Waals surface area contributed by atoms with Gasteiger partial charge in [-0.2, -0.15) is 0 Å². The Hall–Kier alpha value is -2.50. The molecule has 1 amide bonds. The Balaban J connectivity index is 1.65. The molecule has 1 aliphatic heterocycles. The van der Waals surface area contributed by atoms with Gasteiger partial charge in [-0.15, -0.1) is 0 Å². The molecular formula is C24H32N2O4. The van der Waals surface area contributed by atoms with Gasteiger partial charge in [0.1, 0.15) is 5.76 Å². The molecule has 6 nitrogen and oxygen atoms in total. The van der Waals surface area contributed by atoms with E-state index in [1.807, 2.05) is 39.0 Å². The predicted molar refractivity (Wildman–Crippen MR) is 113 cm³/mol. The van der Waals surface area contributed by atoms with E-state index in [0.717, 1.165) is 46.9 Å². The summed E-state index contributed by atoms with van der Waals surface area (Å²) in [6.07, 6.45) is 3.42. The van der Waals surface area contributed by atoms with E-state index in [1.54, 1.807) is 0 Å². The van der Waals surface area contributed by atoms with Crippen molar-refractivity contribution in [2.75, 3.05) is 6.79 Å². The van der Waals surface area contributed by atoms with Crippen molar-refractivity contribution in [2.24, 2.45) is 11.8 Å². The number of hydrogen-bond acceptors (Lipinski definition) is 5. The number of aromatic nitrogens is 1. The number of fused-ring (bicyclic) bond motifs is 1. The fourth-order valence-electron chi connectivity index (χ4n) is 5.07. The van der Waals surface area contributed by atoms with Crippen LogP contribution in [0.1, 0.15) is 68.5 Å². The monoisotopic (exact) mass is 412 g/mol. The van der Waals surface area contributed by atoms with Crippen LogP contribution in [-0.4, -0.2) is 28.8 Å². The molecular weight excluding hydrogens is 380 g/mol. The molecule has 0 radical (unpaired) electrons. The lowest BCUT2D eigenvalue weighted by atomic mass is 9.76. The average molecular weight is 413 g/mol. The molecule has 1 aromatic carbocycles. The summed E-state index contributed by atoms with van der Waals surface area (Å²) in [5.41, 5.74) is 2.76. The van der Waals surface area contributed by atoms with Gasteiger partial charge >= 0.3 is 0 Å². The number of carbonyl (C=O) groups excluding carboxylic acids is 1. The van der Waals surface area contributed by atoms with Crippen molar-refractivity contribution in [3.8, 4) is 11.5 Å². The minimum atomic E-state index is -0.297. The third kappa shape index (κ3) is 3.80. The lowest BCUT2D eigenvalue weighted by Crippen LogP contribution is -2.48. The van der Waals surface area contributed by atoms with E-state index >= 15 is 0 Å². The second-order valence-corrected chi connectivity index (χ2v) is 8.95. The van der Waals surface area contributed by atoms with Crippen LogP contribution in [0.15, 0.2) is 22.7 Å². The van der Waals surface area contributed by atoms with E-state index in [1.165, 1.54) is 6.42 Å². The normalized spacial score (nSPS) is 24.0. The van der Waals surface area contributed by atoms with Crippen molar-refractivity contribution < 1.29 is 18.8 Å². The summed E-state index contributed by atoms with van der Waals surface area (Å²) >= 11 is 0. The van der Waals surface area contributed by atoms with Gasteiger partial charge < -0.3 is 18.9 Å². The number of hydrogen-bond donors (Lipinski definition) is 0. The summed E-state index contributed by atoms with van der Waals surface area (Å²) in [5.74, 6) is 3.13. The minimum absolute atomic E-state index is 0.132. The SMILES string of the molecule is Cc1noc(C)c1[C@H](C)C(=O)N(Cc1ccc2c(c1)OCO2)[C@@H]1CCC[C@H](C)[C@H]1C. The molecule has 0 spiro atoms. The van der Waals surface area contributed by atoms with Crippen LogP contribution >= 0.6 is 0 Å². The first-order chi connectivity index (χ1) is 14.4. The standard InChI is InChI=1S/C24H32N2O4/c1-14-7-6-8-20(15(14)2)26(12-19-9-10-21-22(11-19)29-13-28-21)24(27)16(3)23-17(4)25-30-18(23)5/h9-11,14-16,20H,6-8,12-13H2,1-5H3/t14-,15+,16-,20+/m0/s1. The lowest BCUT2D eigenvalue weighted by Gasteiger charge is -2.42. The maximum absolute atomic E-state index is 13.8. The Morgan fingerprint density at radius 1 is 1.20 bits per heavy atom. The number of aryl methyl sites for hydroxylation is 2. The first-order valence-corrected chi connectivity index (χ1v) is 11.0. The van der Waals surface area contributed by atoms with Gasteiger partial charge in [-0.05, 0) is 56.7 Å². The third-order valence-electron chi connectivity index (χ3n) is 7.03. The Morgan fingerprint density at radius 3 is 2.70 bits per heavy atom. The van der Waals surface area contributed by atoms with E-state index in [-0.39, 0.29) is 24.7 Å². The molecule has 2 aromatic rings. The zero-order valence-electron chi connectivity index (χ0n) is 18.6. The number of benzene rings is 1. The molecule has 0 saturated heterocycles. The summed E-state index contributed by atoms with van der Waals surface area (Å²) in [7, 11) is 0. The minimum Gasteiger partial charge on any atom is -0.454 e. The van der Waals surface area contributed by atoms with Crippen molar-refractivity contribution in [1.82, 2.24) is 10.1 Å². The number of amides is 1. The molecule has 1 saturated carbocycles. The van der Waals surface area contributed by atoms with E-state index < -0.39 is 0 Å². The molecule has 2 aliphatic rings. The Bertz CT molecular complexity index is 902. The maximum atomic E-state index is 13.8. The highest BCUT2D eigenvalue weighted by Gasteiger charge is 2.37. The zero-order chi connectivity index (χ0) is 21.4. The van der Waals surface area contributed by atoms with E-state index in [9.17, 15) is 4.79 Å². The van der Waals surface area contributed by atoms with Crippen molar-refractivity contribution in [1.29, 1.82) is 0 Å². The highest BCUT2D eigenvalue weighted by Crippen LogP contribution is 2.37. The van der Waals surface area contributed by atoms with Gasteiger partial charge in [0.2, 0.25) is 12.7 Å². The third-order valence-corrected chi connectivity index (χ3v) is 7.03. The van der Waals surface area contributed by atoms with Crippen LogP contribution < -0.4 is 9.47 Å². The maximum Gasteiger partial charge on any atom is 0.231 e. The van der Waals surface area contributed by atoms with Crippen LogP contribution in [0.5, 0.6) is 11.5 Å². The topological polar surface area (TPSA) is 64.8 Å². The van der Waals surface area contributed by atoms with E-state index in [4.69, 9.17) is 14.0 Å². The molecule has 1 aliphatic carbocycles. The summed E-state index contributed by atoms with van der Waals surface area (Å²) in [6, 6.07) is 6.19. The molecule has 30 heavy (non-hydrogen) atoms. The van der Waals surface area contributed by atoms with Crippen LogP contribution in [0.2, 0.25) is 0 Å². The number of ether oxygens (including phenoxy) is 2. The molecule has 4 atom stereocenters. The van der Waals surface area contributed by atoms with Gasteiger partial charge in [0.15, 0.2) is 11.5 Å². The predicted octanol–water partition coefficient (Wildman–Crippen LogP) is 4.98. The summed E-state index contributed by atoms with van der Waals surface area (Å²) in [4.78, 5) is 15.9. The second-order valence-electron chi connectivity index (χ2n) is 8.95. The van der Waals surface area contributed by atoms with Gasteiger partial charge in [-0.25, -0.2) is 0 Å². The highest BCUT2D eigenvalue weighted by molar-refractivity contribution is 5.84. The fourth-order valence-corrected chi connectivity index (χ4v) is 5.07. The van der Waals surface area contributed by atoms with Crippen LogP contribution in [-0.2, 0) is 11.3 Å². The molecule has 1 fully saturated rings. The fraction of sp³-hybridized carbons (Fsp3) is 0.583. The first kappa shape index (κ1) is 20.8. The van der Waals surface area contributed by atoms with Crippen molar-refractivity contribution >= 4 is 5.91 Å². The molecule has 0 bridgehead atoms. The zero-order valence-corrected chi connectivity index (χ0v) is 18.6. The van der Waals surface area contributed by atoms with E-state index in [0.29, 0.717) is 18.4 Å². The molecule has 6 heteroatoms. The van der Waals surface area contributed by atoms with Crippen LogP contribution in [0.4, 0.5) is 0 Å². The second kappa shape index (κ2) is 8.32.